The molecule has 1 aromatic heterocycles. The molecule has 0 fully saturated rings. The maximum atomic E-state index is 5.78. The maximum absolute atomic E-state index is 5.78. The number of hydrogen-bond acceptors (Lipinski definition) is 5. The molecule has 0 unspecified atom stereocenters. The quantitative estimate of drug-likeness (QED) is 0.679. The molecule has 5 nitrogen and oxygen atoms in total. The zero-order chi connectivity index (χ0) is 15.0. The van der Waals surface area contributed by atoms with Crippen LogP contribution in [0.2, 0.25) is 0 Å². The summed E-state index contributed by atoms with van der Waals surface area (Å²) in [7, 11) is 1.62. The van der Waals surface area contributed by atoms with E-state index in [0.29, 0.717) is 18.2 Å². The Kier molecular flexibility index (Phi) is 6.71. The van der Waals surface area contributed by atoms with E-state index in [-0.39, 0.29) is 5.41 Å². The highest BCUT2D eigenvalue weighted by atomic mass is 16.5. The topological polar surface area (TPSA) is 73.1 Å². The smallest absolute Gasteiger partial charge is 0.158 e. The van der Waals surface area contributed by atoms with Crippen LogP contribution in [0.1, 0.15) is 52.3 Å². The lowest BCUT2D eigenvalue weighted by molar-refractivity contribution is 0.178. The summed E-state index contributed by atoms with van der Waals surface area (Å²) in [6, 6.07) is 1.77. The molecule has 0 spiro atoms. The molecule has 0 saturated heterocycles. The highest BCUT2D eigenvalue weighted by Crippen LogP contribution is 2.24. The summed E-state index contributed by atoms with van der Waals surface area (Å²) < 4.78 is 5.04. The highest BCUT2D eigenvalue weighted by Gasteiger charge is 2.17. The molecule has 5 heteroatoms. The van der Waals surface area contributed by atoms with Crippen LogP contribution in [0.3, 0.4) is 0 Å². The van der Waals surface area contributed by atoms with Crippen LogP contribution in [0.25, 0.3) is 0 Å². The molecule has 1 heterocycles. The zero-order valence-electron chi connectivity index (χ0n) is 13.2. The number of rotatable bonds is 9. The van der Waals surface area contributed by atoms with Crippen molar-refractivity contribution in [1.82, 2.24) is 9.97 Å². The van der Waals surface area contributed by atoms with Gasteiger partial charge in [0.2, 0.25) is 0 Å². The van der Waals surface area contributed by atoms with E-state index in [4.69, 9.17) is 10.5 Å². The van der Waals surface area contributed by atoms with Gasteiger partial charge >= 0.3 is 0 Å². The van der Waals surface area contributed by atoms with Gasteiger partial charge in [0.05, 0.1) is 0 Å². The molecular weight excluding hydrogens is 252 g/mol. The lowest BCUT2D eigenvalue weighted by Crippen LogP contribution is -2.23. The van der Waals surface area contributed by atoms with Crippen molar-refractivity contribution in [3.63, 3.8) is 0 Å². The Morgan fingerprint density at radius 3 is 2.70 bits per heavy atom. The number of nitrogens with two attached hydrogens (primary N) is 1. The number of ether oxygens (including phenoxy) is 1. The van der Waals surface area contributed by atoms with Gasteiger partial charge in [0.1, 0.15) is 18.2 Å². The average molecular weight is 280 g/mol. The van der Waals surface area contributed by atoms with E-state index in [1.54, 1.807) is 13.2 Å². The standard InChI is InChI=1S/C15H28N4O/c1-5-6-7-8-15(2,3)11-17-13-9-12(16)18-14(19-13)10-20-4/h9H,5-8,10-11H2,1-4H3,(H3,16,17,18,19). The van der Waals surface area contributed by atoms with E-state index >= 15 is 0 Å². The molecule has 114 valence electrons. The molecule has 0 aliphatic carbocycles. The number of nitrogen functional groups attached to an aromatic ring is 1. The summed E-state index contributed by atoms with van der Waals surface area (Å²) in [5, 5.41) is 3.36. The van der Waals surface area contributed by atoms with Gasteiger partial charge in [-0.15, -0.1) is 0 Å². The van der Waals surface area contributed by atoms with Crippen LogP contribution in [0.5, 0.6) is 0 Å². The van der Waals surface area contributed by atoms with Gasteiger partial charge in [-0.2, -0.15) is 0 Å². The van der Waals surface area contributed by atoms with Gasteiger partial charge in [-0.1, -0.05) is 40.0 Å². The van der Waals surface area contributed by atoms with Gasteiger partial charge in [0, 0.05) is 19.7 Å². The molecular formula is C15H28N4O. The van der Waals surface area contributed by atoms with Crippen LogP contribution in [-0.4, -0.2) is 23.6 Å². The molecule has 0 atom stereocenters. The summed E-state index contributed by atoms with van der Waals surface area (Å²) in [6.07, 6.45) is 5.03. The van der Waals surface area contributed by atoms with Crippen LogP contribution in [0.4, 0.5) is 11.6 Å². The third-order valence-corrected chi connectivity index (χ3v) is 3.27. The van der Waals surface area contributed by atoms with Crippen molar-refractivity contribution >= 4 is 11.6 Å². The average Bonchev–Trinajstić information content (AvgIpc) is 2.37. The van der Waals surface area contributed by atoms with Gasteiger partial charge in [0.15, 0.2) is 5.82 Å². The van der Waals surface area contributed by atoms with Gasteiger partial charge in [-0.3, -0.25) is 0 Å². The first-order valence-corrected chi connectivity index (χ1v) is 7.33. The molecule has 20 heavy (non-hydrogen) atoms. The Hall–Kier alpha value is -1.36. The number of nitrogens with zero attached hydrogens (tertiary/aromatic N) is 2. The van der Waals surface area contributed by atoms with Crippen molar-refractivity contribution in [2.45, 2.75) is 53.1 Å². The van der Waals surface area contributed by atoms with Gasteiger partial charge in [0.25, 0.3) is 0 Å². The van der Waals surface area contributed by atoms with E-state index < -0.39 is 0 Å². The largest absolute Gasteiger partial charge is 0.384 e. The monoisotopic (exact) mass is 280 g/mol. The molecule has 0 aromatic carbocycles. The molecule has 3 N–H and O–H groups in total. The number of unbranched alkanes of at least 4 members (excludes halogenated alkanes) is 2. The Labute approximate surface area is 122 Å². The van der Waals surface area contributed by atoms with E-state index in [1.807, 2.05) is 0 Å². The Balaban J connectivity index is 2.55. The van der Waals surface area contributed by atoms with Crippen molar-refractivity contribution in [2.75, 3.05) is 24.7 Å². The predicted molar refractivity (Wildman–Crippen MR) is 83.6 cm³/mol. The zero-order valence-corrected chi connectivity index (χ0v) is 13.2. The molecule has 0 aliphatic heterocycles. The minimum Gasteiger partial charge on any atom is -0.384 e. The van der Waals surface area contributed by atoms with E-state index in [0.717, 1.165) is 12.4 Å². The van der Waals surface area contributed by atoms with Crippen molar-refractivity contribution in [2.24, 2.45) is 5.41 Å². The van der Waals surface area contributed by atoms with Crippen molar-refractivity contribution < 1.29 is 4.74 Å². The minimum atomic E-state index is 0.246. The fourth-order valence-electron chi connectivity index (χ4n) is 2.07. The Morgan fingerprint density at radius 2 is 2.05 bits per heavy atom. The first-order chi connectivity index (χ1) is 9.46. The minimum absolute atomic E-state index is 0.246. The number of hydrogen-bond donors (Lipinski definition) is 2. The third-order valence-electron chi connectivity index (χ3n) is 3.27. The molecule has 1 aromatic rings. The summed E-state index contributed by atoms with van der Waals surface area (Å²) in [5.41, 5.74) is 6.03. The van der Waals surface area contributed by atoms with Crippen molar-refractivity contribution in [1.29, 1.82) is 0 Å². The first kappa shape index (κ1) is 16.7. The van der Waals surface area contributed by atoms with Gasteiger partial charge in [-0.25, -0.2) is 9.97 Å². The molecule has 0 radical (unpaired) electrons. The fourth-order valence-corrected chi connectivity index (χ4v) is 2.07. The molecule has 1 rings (SSSR count). The third kappa shape index (κ3) is 6.19. The van der Waals surface area contributed by atoms with Crippen LogP contribution in [0.15, 0.2) is 6.07 Å². The normalized spacial score (nSPS) is 11.6. The number of methoxy groups -OCH3 is 1. The van der Waals surface area contributed by atoms with E-state index in [2.05, 4.69) is 36.1 Å². The van der Waals surface area contributed by atoms with Crippen LogP contribution in [-0.2, 0) is 11.3 Å². The second kappa shape index (κ2) is 8.04. The highest BCUT2D eigenvalue weighted by molar-refractivity contribution is 5.44. The Bertz CT molecular complexity index is 407. The maximum Gasteiger partial charge on any atom is 0.158 e. The van der Waals surface area contributed by atoms with Gasteiger partial charge in [-0.05, 0) is 11.8 Å². The predicted octanol–water partition coefficient (Wildman–Crippen LogP) is 3.22. The second-order valence-electron chi connectivity index (χ2n) is 6.00. The summed E-state index contributed by atoms with van der Waals surface area (Å²) >= 11 is 0. The van der Waals surface area contributed by atoms with E-state index in [9.17, 15) is 0 Å². The lowest BCUT2D eigenvalue weighted by Gasteiger charge is -2.25. The van der Waals surface area contributed by atoms with Crippen molar-refractivity contribution in [3.05, 3.63) is 11.9 Å². The lowest BCUT2D eigenvalue weighted by atomic mass is 9.87. The van der Waals surface area contributed by atoms with Crippen LogP contribution in [0, 0.1) is 5.41 Å². The molecule has 0 amide bonds. The summed E-state index contributed by atoms with van der Waals surface area (Å²) in [5.74, 6) is 1.85. The fraction of sp³-hybridized carbons (Fsp3) is 0.733. The van der Waals surface area contributed by atoms with E-state index in [1.165, 1.54) is 25.7 Å². The van der Waals surface area contributed by atoms with Gasteiger partial charge < -0.3 is 15.8 Å². The molecule has 0 saturated carbocycles. The number of nitrogens with one attached hydrogen (secondary N) is 1. The van der Waals surface area contributed by atoms with Crippen LogP contribution >= 0.6 is 0 Å². The SMILES string of the molecule is CCCCCC(C)(C)CNc1cc(N)nc(COC)n1. The molecule has 0 bridgehead atoms. The number of aromatic nitrogens is 2. The van der Waals surface area contributed by atoms with Crippen LogP contribution < -0.4 is 11.1 Å². The summed E-state index contributed by atoms with van der Waals surface area (Å²) in [4.78, 5) is 8.53. The second-order valence-corrected chi connectivity index (χ2v) is 6.00. The van der Waals surface area contributed by atoms with Crippen molar-refractivity contribution in [3.8, 4) is 0 Å². The summed E-state index contributed by atoms with van der Waals surface area (Å²) in [6.45, 7) is 8.03. The number of anilines is 2. The first-order valence-electron chi connectivity index (χ1n) is 7.33. The molecule has 0 aliphatic rings. The Morgan fingerprint density at radius 1 is 1.30 bits per heavy atom.